The predicted molar refractivity (Wildman–Crippen MR) is 67.1 cm³/mol. The van der Waals surface area contributed by atoms with Crippen molar-refractivity contribution in [3.63, 3.8) is 0 Å². The maximum absolute atomic E-state index is 11.8. The molecule has 1 amide bonds. The van der Waals surface area contributed by atoms with Crippen molar-refractivity contribution in [2.24, 2.45) is 0 Å². The number of carbonyl (C=O) groups is 2. The lowest BCUT2D eigenvalue weighted by Crippen LogP contribution is -2.44. The van der Waals surface area contributed by atoms with Crippen molar-refractivity contribution in [2.75, 3.05) is 13.1 Å². The largest absolute Gasteiger partial charge is 0.458 e. The van der Waals surface area contributed by atoms with Gasteiger partial charge < -0.3 is 14.4 Å². The molecule has 0 aliphatic carbocycles. The Kier molecular flexibility index (Phi) is 4.38. The minimum absolute atomic E-state index is 0.291. The van der Waals surface area contributed by atoms with Gasteiger partial charge in [0.1, 0.15) is 11.7 Å². The highest BCUT2D eigenvalue weighted by atomic mass is 16.6. The first-order valence-electron chi connectivity index (χ1n) is 6.02. The zero-order valence-electron chi connectivity index (χ0n) is 11.5. The van der Waals surface area contributed by atoms with Crippen LogP contribution in [0.1, 0.15) is 34.1 Å². The summed E-state index contributed by atoms with van der Waals surface area (Å²) in [7, 11) is 0. The van der Waals surface area contributed by atoms with E-state index in [4.69, 9.17) is 9.47 Å². The van der Waals surface area contributed by atoms with Crippen molar-refractivity contribution in [3.8, 4) is 0 Å². The van der Waals surface area contributed by atoms with Crippen molar-refractivity contribution in [1.29, 1.82) is 0 Å². The summed E-state index contributed by atoms with van der Waals surface area (Å²) in [6.45, 7) is 11.6. The third-order valence-corrected chi connectivity index (χ3v) is 2.47. The van der Waals surface area contributed by atoms with Crippen LogP contribution in [0.3, 0.4) is 0 Å². The van der Waals surface area contributed by atoms with E-state index in [1.165, 1.54) is 6.92 Å². The number of likely N-dealkylation sites (tertiary alicyclic amines) is 1. The number of hydrogen-bond donors (Lipinski definition) is 0. The minimum atomic E-state index is -0.509. The van der Waals surface area contributed by atoms with Gasteiger partial charge in [0.05, 0.1) is 0 Å². The smallest absolute Gasteiger partial charge is 0.410 e. The Morgan fingerprint density at radius 3 is 2.44 bits per heavy atom. The van der Waals surface area contributed by atoms with Crippen LogP contribution in [0.15, 0.2) is 12.2 Å². The molecule has 0 N–H and O–H groups in total. The number of nitrogens with zero attached hydrogens (tertiary/aromatic N) is 1. The highest BCUT2D eigenvalue weighted by Gasteiger charge is 2.30. The van der Waals surface area contributed by atoms with Gasteiger partial charge in [0.25, 0.3) is 0 Å². The summed E-state index contributed by atoms with van der Waals surface area (Å²) in [5, 5.41) is 0. The fourth-order valence-electron chi connectivity index (χ4n) is 1.73. The minimum Gasteiger partial charge on any atom is -0.458 e. The highest BCUT2D eigenvalue weighted by Crippen LogP contribution is 2.20. The Hall–Kier alpha value is -1.52. The average molecular weight is 255 g/mol. The fraction of sp³-hybridized carbons (Fsp3) is 0.692. The number of carbonyl (C=O) groups excluding carboxylic acids is 2. The summed E-state index contributed by atoms with van der Waals surface area (Å²) >= 11 is 0. The van der Waals surface area contributed by atoms with E-state index in [1.54, 1.807) is 4.90 Å². The maximum atomic E-state index is 11.8. The van der Waals surface area contributed by atoms with E-state index in [0.717, 1.165) is 5.57 Å². The van der Waals surface area contributed by atoms with Gasteiger partial charge >= 0.3 is 12.1 Å². The number of rotatable bonds is 1. The zero-order valence-corrected chi connectivity index (χ0v) is 11.5. The van der Waals surface area contributed by atoms with Gasteiger partial charge in [0.2, 0.25) is 0 Å². The molecule has 0 aromatic carbocycles. The van der Waals surface area contributed by atoms with E-state index in [-0.39, 0.29) is 18.2 Å². The van der Waals surface area contributed by atoms with Gasteiger partial charge in [-0.05, 0) is 26.3 Å². The van der Waals surface area contributed by atoms with Crippen molar-refractivity contribution in [3.05, 3.63) is 12.2 Å². The van der Waals surface area contributed by atoms with Crippen molar-refractivity contribution < 1.29 is 19.1 Å². The van der Waals surface area contributed by atoms with Gasteiger partial charge in [-0.1, -0.05) is 6.58 Å². The van der Waals surface area contributed by atoms with Crippen LogP contribution >= 0.6 is 0 Å². The third-order valence-electron chi connectivity index (χ3n) is 2.47. The molecule has 1 unspecified atom stereocenters. The molecule has 0 saturated carbocycles. The van der Waals surface area contributed by atoms with Gasteiger partial charge in [0, 0.05) is 26.4 Å². The Morgan fingerprint density at radius 2 is 2.00 bits per heavy atom. The van der Waals surface area contributed by atoms with Crippen molar-refractivity contribution >= 4 is 12.1 Å². The fourth-order valence-corrected chi connectivity index (χ4v) is 1.73. The van der Waals surface area contributed by atoms with E-state index in [2.05, 4.69) is 6.58 Å². The van der Waals surface area contributed by atoms with Crippen LogP contribution in [0, 0.1) is 0 Å². The van der Waals surface area contributed by atoms with Crippen molar-refractivity contribution in [2.45, 2.75) is 45.8 Å². The quantitative estimate of drug-likeness (QED) is 0.532. The first-order valence-corrected chi connectivity index (χ1v) is 6.02. The Morgan fingerprint density at radius 1 is 1.39 bits per heavy atom. The molecule has 1 atom stereocenters. The normalized spacial score (nSPS) is 20.6. The standard InChI is InChI=1S/C13H21NO4/c1-9-8-14(12(16)18-13(3,4)5)7-6-11(9)17-10(2)15/h11H,1,6-8H2,2-5H3. The van der Waals surface area contributed by atoms with Crippen LogP contribution in [0.25, 0.3) is 0 Å². The summed E-state index contributed by atoms with van der Waals surface area (Å²) < 4.78 is 10.4. The first-order chi connectivity index (χ1) is 8.19. The van der Waals surface area contributed by atoms with E-state index in [0.29, 0.717) is 19.5 Å². The number of piperidine rings is 1. The second-order valence-corrected chi connectivity index (χ2v) is 5.45. The van der Waals surface area contributed by atoms with Crippen LogP contribution in [0.2, 0.25) is 0 Å². The molecule has 0 aromatic heterocycles. The molecule has 102 valence electrons. The van der Waals surface area contributed by atoms with Crippen LogP contribution in [0.5, 0.6) is 0 Å². The van der Waals surface area contributed by atoms with E-state index in [1.807, 2.05) is 20.8 Å². The molecule has 0 bridgehead atoms. The first kappa shape index (κ1) is 14.5. The highest BCUT2D eigenvalue weighted by molar-refractivity contribution is 5.69. The lowest BCUT2D eigenvalue weighted by molar-refractivity contribution is -0.145. The summed E-state index contributed by atoms with van der Waals surface area (Å²) in [5.74, 6) is -0.327. The lowest BCUT2D eigenvalue weighted by Gasteiger charge is -2.34. The number of hydrogen-bond acceptors (Lipinski definition) is 4. The maximum Gasteiger partial charge on any atom is 0.410 e. The van der Waals surface area contributed by atoms with Gasteiger partial charge in [0.15, 0.2) is 0 Å². The molecular formula is C13H21NO4. The van der Waals surface area contributed by atoms with Crippen LogP contribution in [-0.4, -0.2) is 41.8 Å². The molecule has 5 heteroatoms. The van der Waals surface area contributed by atoms with Crippen LogP contribution in [0.4, 0.5) is 4.79 Å². The molecule has 0 aromatic rings. The molecule has 1 aliphatic rings. The van der Waals surface area contributed by atoms with E-state index in [9.17, 15) is 9.59 Å². The van der Waals surface area contributed by atoms with E-state index < -0.39 is 5.60 Å². The molecule has 18 heavy (non-hydrogen) atoms. The second kappa shape index (κ2) is 5.42. The Bertz CT molecular complexity index is 356. The van der Waals surface area contributed by atoms with Gasteiger partial charge in [-0.3, -0.25) is 4.79 Å². The predicted octanol–water partition coefficient (Wildman–Crippen LogP) is 2.12. The van der Waals surface area contributed by atoms with E-state index >= 15 is 0 Å². The molecule has 1 aliphatic heterocycles. The molecule has 1 saturated heterocycles. The number of amides is 1. The van der Waals surface area contributed by atoms with Crippen molar-refractivity contribution in [1.82, 2.24) is 4.90 Å². The molecule has 0 radical (unpaired) electrons. The monoisotopic (exact) mass is 255 g/mol. The number of esters is 1. The molecule has 1 fully saturated rings. The molecule has 0 spiro atoms. The second-order valence-electron chi connectivity index (χ2n) is 5.45. The Labute approximate surface area is 108 Å². The molecule has 5 nitrogen and oxygen atoms in total. The summed E-state index contributed by atoms with van der Waals surface area (Å²) in [6, 6.07) is 0. The van der Waals surface area contributed by atoms with Gasteiger partial charge in [-0.25, -0.2) is 4.79 Å². The number of ether oxygens (including phenoxy) is 2. The van der Waals surface area contributed by atoms with Gasteiger partial charge in [-0.2, -0.15) is 0 Å². The summed E-state index contributed by atoms with van der Waals surface area (Å²) in [6.07, 6.45) is -0.0800. The Balaban J connectivity index is 2.53. The zero-order chi connectivity index (χ0) is 13.9. The molecule has 1 heterocycles. The average Bonchev–Trinajstić information content (AvgIpc) is 2.17. The molecular weight excluding hydrogens is 234 g/mol. The summed E-state index contributed by atoms with van der Waals surface area (Å²) in [4.78, 5) is 24.3. The van der Waals surface area contributed by atoms with Crippen LogP contribution < -0.4 is 0 Å². The third kappa shape index (κ3) is 4.39. The summed E-state index contributed by atoms with van der Waals surface area (Å²) in [5.41, 5.74) is 0.216. The van der Waals surface area contributed by atoms with Crippen LogP contribution in [-0.2, 0) is 14.3 Å². The topological polar surface area (TPSA) is 55.8 Å². The van der Waals surface area contributed by atoms with Gasteiger partial charge in [-0.15, -0.1) is 0 Å². The molecule has 1 rings (SSSR count). The SMILES string of the molecule is C=C1CN(C(=O)OC(C)(C)C)CCC1OC(C)=O. The lowest BCUT2D eigenvalue weighted by atomic mass is 10.0.